The van der Waals surface area contributed by atoms with E-state index in [4.69, 9.17) is 9.15 Å². The van der Waals surface area contributed by atoms with Crippen LogP contribution in [-0.4, -0.2) is 32.2 Å². The van der Waals surface area contributed by atoms with Crippen LogP contribution >= 0.6 is 0 Å². The average molecular weight is 364 g/mol. The van der Waals surface area contributed by atoms with Crippen LogP contribution in [-0.2, 0) is 4.74 Å². The molecule has 136 valence electrons. The number of aromatic nitrogens is 4. The molecule has 27 heavy (non-hydrogen) atoms. The summed E-state index contributed by atoms with van der Waals surface area (Å²) in [6, 6.07) is 13.0. The zero-order valence-electron chi connectivity index (χ0n) is 14.4. The van der Waals surface area contributed by atoms with Crippen LogP contribution in [0.15, 0.2) is 59.3 Å². The zero-order valence-corrected chi connectivity index (χ0v) is 14.4. The number of fused-ring (bicyclic) bond motifs is 1. The molecular weight excluding hydrogens is 348 g/mol. The molecule has 0 radical (unpaired) electrons. The Balaban J connectivity index is 1.75. The fourth-order valence-electron chi connectivity index (χ4n) is 2.47. The van der Waals surface area contributed by atoms with Crippen molar-refractivity contribution in [3.8, 4) is 11.6 Å². The summed E-state index contributed by atoms with van der Waals surface area (Å²) in [7, 11) is 0. The normalized spacial score (nSPS) is 10.7. The van der Waals surface area contributed by atoms with Gasteiger partial charge in [-0.1, -0.05) is 18.2 Å². The van der Waals surface area contributed by atoms with Gasteiger partial charge < -0.3 is 9.15 Å². The number of anilines is 2. The van der Waals surface area contributed by atoms with Crippen molar-refractivity contribution in [1.29, 1.82) is 0 Å². The molecule has 2 N–H and O–H groups in total. The maximum Gasteiger partial charge on any atom is 0.343 e. The third kappa shape index (κ3) is 3.30. The van der Waals surface area contributed by atoms with E-state index in [-0.39, 0.29) is 12.2 Å². The van der Waals surface area contributed by atoms with Gasteiger partial charge in [0.15, 0.2) is 11.4 Å². The Bertz CT molecular complexity index is 1060. The van der Waals surface area contributed by atoms with Crippen LogP contribution in [0.25, 0.3) is 17.2 Å². The highest BCUT2D eigenvalue weighted by Crippen LogP contribution is 2.21. The van der Waals surface area contributed by atoms with Crippen LogP contribution in [0.3, 0.4) is 0 Å². The highest BCUT2D eigenvalue weighted by molar-refractivity contribution is 5.96. The number of rotatable bonds is 6. The van der Waals surface area contributed by atoms with Crippen molar-refractivity contribution in [3.63, 3.8) is 0 Å². The summed E-state index contributed by atoms with van der Waals surface area (Å²) >= 11 is 0. The van der Waals surface area contributed by atoms with E-state index in [1.807, 2.05) is 30.3 Å². The summed E-state index contributed by atoms with van der Waals surface area (Å²) in [5, 5.41) is 4.41. The first-order valence-electron chi connectivity index (χ1n) is 8.30. The van der Waals surface area contributed by atoms with Crippen LogP contribution in [0.1, 0.15) is 17.3 Å². The SMILES string of the molecule is CCOC(=O)c1cnc(NNc2ccccc2)n2nc(-c3ccco3)nc12. The molecule has 9 nitrogen and oxygen atoms in total. The van der Waals surface area contributed by atoms with Crippen molar-refractivity contribution in [1.82, 2.24) is 19.6 Å². The lowest BCUT2D eigenvalue weighted by Crippen LogP contribution is -2.16. The lowest BCUT2D eigenvalue weighted by molar-refractivity contribution is 0.0527. The fourth-order valence-corrected chi connectivity index (χ4v) is 2.47. The fraction of sp³-hybridized carbons (Fsp3) is 0.111. The van der Waals surface area contributed by atoms with Gasteiger partial charge in [0, 0.05) is 6.20 Å². The van der Waals surface area contributed by atoms with Gasteiger partial charge in [0.05, 0.1) is 18.6 Å². The molecule has 9 heteroatoms. The summed E-state index contributed by atoms with van der Waals surface area (Å²) in [6.45, 7) is 1.99. The Kier molecular flexibility index (Phi) is 4.40. The molecule has 0 spiro atoms. The second-order valence-electron chi connectivity index (χ2n) is 5.48. The summed E-state index contributed by atoms with van der Waals surface area (Å²) < 4.78 is 11.9. The molecule has 4 rings (SSSR count). The summed E-state index contributed by atoms with van der Waals surface area (Å²) in [5.41, 5.74) is 7.38. The Morgan fingerprint density at radius 3 is 2.78 bits per heavy atom. The Morgan fingerprint density at radius 1 is 1.19 bits per heavy atom. The van der Waals surface area contributed by atoms with Gasteiger partial charge in [0.1, 0.15) is 5.56 Å². The van der Waals surface area contributed by atoms with Gasteiger partial charge in [-0.25, -0.2) is 14.8 Å². The van der Waals surface area contributed by atoms with Gasteiger partial charge in [0.2, 0.25) is 11.8 Å². The second-order valence-corrected chi connectivity index (χ2v) is 5.48. The van der Waals surface area contributed by atoms with Gasteiger partial charge in [-0.05, 0) is 31.2 Å². The van der Waals surface area contributed by atoms with Gasteiger partial charge in [-0.2, -0.15) is 4.52 Å². The zero-order chi connectivity index (χ0) is 18.6. The number of nitrogens with zero attached hydrogens (tertiary/aromatic N) is 4. The van der Waals surface area contributed by atoms with E-state index in [0.717, 1.165) is 5.69 Å². The van der Waals surface area contributed by atoms with Crippen LogP contribution in [0, 0.1) is 0 Å². The minimum Gasteiger partial charge on any atom is -0.462 e. The first kappa shape index (κ1) is 16.6. The first-order valence-corrected chi connectivity index (χ1v) is 8.30. The van der Waals surface area contributed by atoms with E-state index in [1.54, 1.807) is 19.1 Å². The van der Waals surface area contributed by atoms with E-state index >= 15 is 0 Å². The lowest BCUT2D eigenvalue weighted by Gasteiger charge is -2.10. The summed E-state index contributed by atoms with van der Waals surface area (Å²) in [4.78, 5) is 20.9. The van der Waals surface area contributed by atoms with E-state index < -0.39 is 5.97 Å². The molecule has 1 aromatic carbocycles. The summed E-state index contributed by atoms with van der Waals surface area (Å²) in [6.07, 6.45) is 2.94. The van der Waals surface area contributed by atoms with E-state index in [9.17, 15) is 4.79 Å². The van der Waals surface area contributed by atoms with Crippen molar-refractivity contribution in [2.75, 3.05) is 17.5 Å². The maximum absolute atomic E-state index is 12.2. The molecule has 0 saturated carbocycles. The number of nitrogens with one attached hydrogen (secondary N) is 2. The minimum absolute atomic E-state index is 0.215. The third-order valence-corrected chi connectivity index (χ3v) is 3.69. The topological polar surface area (TPSA) is 107 Å². The number of hydrazine groups is 1. The van der Waals surface area contributed by atoms with E-state index in [0.29, 0.717) is 23.2 Å². The number of esters is 1. The second kappa shape index (κ2) is 7.16. The molecule has 0 aliphatic rings. The number of hydrogen-bond donors (Lipinski definition) is 2. The van der Waals surface area contributed by atoms with Crippen LogP contribution in [0.2, 0.25) is 0 Å². The largest absolute Gasteiger partial charge is 0.462 e. The van der Waals surface area contributed by atoms with Crippen LogP contribution in [0.5, 0.6) is 0 Å². The molecular formula is C18H16N6O3. The quantitative estimate of drug-likeness (QED) is 0.397. The van der Waals surface area contributed by atoms with Gasteiger partial charge in [-0.15, -0.1) is 5.10 Å². The number of benzene rings is 1. The number of carbonyl (C=O) groups excluding carboxylic acids is 1. The molecule has 0 saturated heterocycles. The first-order chi connectivity index (χ1) is 13.3. The molecule has 4 aromatic rings. The molecule has 0 unspecified atom stereocenters. The standard InChI is InChI=1S/C18H16N6O3/c1-2-26-17(25)13-11-19-18(22-21-12-7-4-3-5-8-12)24-16(13)20-15(23-24)14-9-6-10-27-14/h3-11,21H,2H2,1H3,(H,19,22). The molecule has 0 amide bonds. The highest BCUT2D eigenvalue weighted by atomic mass is 16.5. The van der Waals surface area contributed by atoms with Gasteiger partial charge in [-0.3, -0.25) is 10.9 Å². The van der Waals surface area contributed by atoms with E-state index in [2.05, 4.69) is 25.9 Å². The maximum atomic E-state index is 12.2. The van der Waals surface area contributed by atoms with Crippen molar-refractivity contribution in [2.45, 2.75) is 6.92 Å². The van der Waals surface area contributed by atoms with Gasteiger partial charge in [0.25, 0.3) is 0 Å². The highest BCUT2D eigenvalue weighted by Gasteiger charge is 2.20. The van der Waals surface area contributed by atoms with Crippen molar-refractivity contribution >= 4 is 23.3 Å². The average Bonchev–Trinajstić information content (AvgIpc) is 3.36. The number of ether oxygens (including phenoxy) is 1. The molecule has 3 heterocycles. The summed E-state index contributed by atoms with van der Waals surface area (Å²) in [5.74, 6) is 0.653. The number of hydrogen-bond acceptors (Lipinski definition) is 8. The molecule has 0 atom stereocenters. The number of furan rings is 1. The van der Waals surface area contributed by atoms with Crippen LogP contribution < -0.4 is 10.9 Å². The molecule has 0 aliphatic carbocycles. The molecule has 0 aliphatic heterocycles. The lowest BCUT2D eigenvalue weighted by atomic mass is 10.3. The predicted molar refractivity (Wildman–Crippen MR) is 98.1 cm³/mol. The van der Waals surface area contributed by atoms with Crippen molar-refractivity contribution < 1.29 is 13.9 Å². The Hall–Kier alpha value is -3.88. The predicted octanol–water partition coefficient (Wildman–Crippen LogP) is 3.00. The molecule has 3 aromatic heterocycles. The smallest absolute Gasteiger partial charge is 0.343 e. The third-order valence-electron chi connectivity index (χ3n) is 3.69. The molecule has 0 fully saturated rings. The van der Waals surface area contributed by atoms with Crippen LogP contribution in [0.4, 0.5) is 11.6 Å². The number of para-hydroxylation sites is 1. The van der Waals surface area contributed by atoms with E-state index in [1.165, 1.54) is 17.0 Å². The van der Waals surface area contributed by atoms with Crippen molar-refractivity contribution in [3.05, 3.63) is 60.5 Å². The monoisotopic (exact) mass is 364 g/mol. The number of carbonyl (C=O) groups is 1. The molecule has 0 bridgehead atoms. The Labute approximate surface area is 154 Å². The minimum atomic E-state index is -0.518. The van der Waals surface area contributed by atoms with Crippen molar-refractivity contribution in [2.24, 2.45) is 0 Å². The van der Waals surface area contributed by atoms with Gasteiger partial charge >= 0.3 is 5.97 Å². The Morgan fingerprint density at radius 2 is 2.04 bits per heavy atom.